The van der Waals surface area contributed by atoms with E-state index in [1.165, 1.54) is 4.31 Å². The number of rotatable bonds is 7. The fraction of sp³-hybridized carbons (Fsp3) is 0.435. The van der Waals surface area contributed by atoms with Crippen molar-refractivity contribution in [1.82, 2.24) is 14.5 Å². The number of amides is 2. The third-order valence-electron chi connectivity index (χ3n) is 5.70. The first kappa shape index (κ1) is 23.2. The smallest absolute Gasteiger partial charge is 0.317 e. The summed E-state index contributed by atoms with van der Waals surface area (Å²) in [4.78, 5) is 14.3. The Balaban J connectivity index is 1.21. The number of urea groups is 1. The van der Waals surface area contributed by atoms with Gasteiger partial charge in [-0.1, -0.05) is 26.0 Å². The van der Waals surface area contributed by atoms with Crippen molar-refractivity contribution in [2.75, 3.05) is 46.1 Å². The first-order valence-corrected chi connectivity index (χ1v) is 12.4. The van der Waals surface area contributed by atoms with Crippen LogP contribution in [-0.2, 0) is 10.0 Å². The van der Waals surface area contributed by atoms with Gasteiger partial charge < -0.3 is 24.4 Å². The first-order valence-electron chi connectivity index (χ1n) is 11.0. The summed E-state index contributed by atoms with van der Waals surface area (Å²) in [6.45, 7) is 6.14. The van der Waals surface area contributed by atoms with E-state index in [0.29, 0.717) is 49.4 Å². The number of hydrogen-bond donors (Lipinski definition) is 1. The van der Waals surface area contributed by atoms with Crippen LogP contribution in [0.15, 0.2) is 47.4 Å². The summed E-state index contributed by atoms with van der Waals surface area (Å²) in [6, 6.07) is 12.1. The van der Waals surface area contributed by atoms with Gasteiger partial charge in [0.05, 0.1) is 11.4 Å². The number of carbonyl (C=O) groups excluding carboxylic acids is 1. The topological polar surface area (TPSA) is 97.4 Å². The molecule has 1 saturated heterocycles. The van der Waals surface area contributed by atoms with Crippen LogP contribution in [0.1, 0.15) is 25.3 Å². The molecule has 0 spiro atoms. The van der Waals surface area contributed by atoms with Crippen molar-refractivity contribution in [2.45, 2.75) is 24.7 Å². The normalized spacial score (nSPS) is 16.2. The summed E-state index contributed by atoms with van der Waals surface area (Å²) < 4.78 is 43.5. The highest BCUT2D eigenvalue weighted by atomic mass is 32.2. The molecule has 2 heterocycles. The highest BCUT2D eigenvalue weighted by Crippen LogP contribution is 2.35. The molecule has 4 rings (SSSR count). The van der Waals surface area contributed by atoms with E-state index in [9.17, 15) is 13.2 Å². The highest BCUT2D eigenvalue weighted by molar-refractivity contribution is 7.89. The molecule has 0 bridgehead atoms. The predicted octanol–water partition coefficient (Wildman–Crippen LogP) is 2.63. The maximum atomic E-state index is 12.9. The van der Waals surface area contributed by atoms with Crippen LogP contribution in [0.5, 0.6) is 17.2 Å². The number of fused-ring (bicyclic) bond motifs is 1. The first-order chi connectivity index (χ1) is 15.8. The summed E-state index contributed by atoms with van der Waals surface area (Å²) in [5.41, 5.74) is 1.10. The molecule has 178 valence electrons. The summed E-state index contributed by atoms with van der Waals surface area (Å²) in [6.07, 6.45) is 0. The zero-order valence-electron chi connectivity index (χ0n) is 18.8. The highest BCUT2D eigenvalue weighted by Gasteiger charge is 2.30. The Kier molecular flexibility index (Phi) is 6.94. The molecule has 0 atom stereocenters. The van der Waals surface area contributed by atoms with Gasteiger partial charge in [0.1, 0.15) is 12.4 Å². The summed E-state index contributed by atoms with van der Waals surface area (Å²) in [7, 11) is -3.57. The van der Waals surface area contributed by atoms with Crippen LogP contribution in [0.2, 0.25) is 0 Å². The van der Waals surface area contributed by atoms with E-state index in [4.69, 9.17) is 14.2 Å². The number of hydrogen-bond acceptors (Lipinski definition) is 6. The van der Waals surface area contributed by atoms with Crippen molar-refractivity contribution < 1.29 is 27.4 Å². The molecule has 0 unspecified atom stereocenters. The lowest BCUT2D eigenvalue weighted by Crippen LogP contribution is -2.53. The molecule has 9 nitrogen and oxygen atoms in total. The molecule has 2 aromatic rings. The molecule has 33 heavy (non-hydrogen) atoms. The Morgan fingerprint density at radius 3 is 2.42 bits per heavy atom. The van der Waals surface area contributed by atoms with Crippen molar-refractivity contribution >= 4 is 16.1 Å². The lowest BCUT2D eigenvalue weighted by Gasteiger charge is -2.34. The minimum absolute atomic E-state index is 0.202. The maximum Gasteiger partial charge on any atom is 0.317 e. The number of sulfonamides is 1. The lowest BCUT2D eigenvalue weighted by atomic mass is 10.0. The van der Waals surface area contributed by atoms with Crippen molar-refractivity contribution in [1.29, 1.82) is 0 Å². The SMILES string of the molecule is CC(C)c1ccc(S(=O)(=O)N2CCN(C(=O)NCCOc3ccc4c(c3)OCO4)CC2)cc1. The van der Waals surface area contributed by atoms with Crippen LogP contribution >= 0.6 is 0 Å². The van der Waals surface area contributed by atoms with Crippen molar-refractivity contribution in [3.63, 3.8) is 0 Å². The molecule has 0 aromatic heterocycles. The van der Waals surface area contributed by atoms with Crippen molar-refractivity contribution in [3.05, 3.63) is 48.0 Å². The molecule has 1 fully saturated rings. The Morgan fingerprint density at radius 1 is 1.03 bits per heavy atom. The quantitative estimate of drug-likeness (QED) is 0.619. The van der Waals surface area contributed by atoms with Gasteiger partial charge in [-0.3, -0.25) is 0 Å². The van der Waals surface area contributed by atoms with Gasteiger partial charge in [-0.05, 0) is 35.7 Å². The van der Waals surface area contributed by atoms with Crippen LogP contribution in [0, 0.1) is 0 Å². The second kappa shape index (κ2) is 9.88. The van der Waals surface area contributed by atoms with Gasteiger partial charge in [-0.2, -0.15) is 4.31 Å². The largest absolute Gasteiger partial charge is 0.492 e. The fourth-order valence-corrected chi connectivity index (χ4v) is 5.13. The van der Waals surface area contributed by atoms with Gasteiger partial charge in [0.2, 0.25) is 16.8 Å². The van der Waals surface area contributed by atoms with E-state index in [2.05, 4.69) is 19.2 Å². The average molecular weight is 476 g/mol. The Morgan fingerprint density at radius 2 is 1.73 bits per heavy atom. The molecule has 2 aliphatic heterocycles. The number of piperazine rings is 1. The van der Waals surface area contributed by atoms with E-state index in [0.717, 1.165) is 5.56 Å². The minimum Gasteiger partial charge on any atom is -0.492 e. The Hall–Kier alpha value is -2.98. The molecule has 10 heteroatoms. The molecule has 0 saturated carbocycles. The second-order valence-corrected chi connectivity index (χ2v) is 10.1. The number of nitrogens with zero attached hydrogens (tertiary/aromatic N) is 2. The molecule has 0 aliphatic carbocycles. The molecule has 1 N–H and O–H groups in total. The third-order valence-corrected chi connectivity index (χ3v) is 7.61. The molecule has 2 aromatic carbocycles. The number of ether oxygens (including phenoxy) is 3. The van der Waals surface area contributed by atoms with Crippen LogP contribution in [0.3, 0.4) is 0 Å². The van der Waals surface area contributed by atoms with Crippen LogP contribution in [0.4, 0.5) is 4.79 Å². The van der Waals surface area contributed by atoms with Gasteiger partial charge in [-0.15, -0.1) is 0 Å². The maximum absolute atomic E-state index is 12.9. The fourth-order valence-electron chi connectivity index (χ4n) is 3.71. The van der Waals surface area contributed by atoms with E-state index in [1.807, 2.05) is 12.1 Å². The van der Waals surface area contributed by atoms with E-state index < -0.39 is 10.0 Å². The van der Waals surface area contributed by atoms with E-state index in [-0.39, 0.29) is 30.8 Å². The van der Waals surface area contributed by atoms with E-state index in [1.54, 1.807) is 35.2 Å². The minimum atomic E-state index is -3.57. The number of carbonyl (C=O) groups is 1. The van der Waals surface area contributed by atoms with Crippen LogP contribution < -0.4 is 19.5 Å². The van der Waals surface area contributed by atoms with Gasteiger partial charge >= 0.3 is 6.03 Å². The third kappa shape index (κ3) is 5.33. The van der Waals surface area contributed by atoms with Crippen molar-refractivity contribution in [3.8, 4) is 17.2 Å². The Bertz CT molecular complexity index is 1080. The molecule has 0 radical (unpaired) electrons. The summed E-state index contributed by atoms with van der Waals surface area (Å²) in [5.74, 6) is 2.30. The van der Waals surface area contributed by atoms with Gasteiger partial charge in [-0.25, -0.2) is 13.2 Å². The Labute approximate surface area is 194 Å². The van der Waals surface area contributed by atoms with Gasteiger partial charge in [0.25, 0.3) is 0 Å². The molecular weight excluding hydrogens is 446 g/mol. The van der Waals surface area contributed by atoms with Crippen LogP contribution in [0.25, 0.3) is 0 Å². The standard InChI is InChI=1S/C23H29N3O6S/c1-17(2)18-3-6-20(7-4-18)33(28,29)26-12-10-25(11-13-26)23(27)24-9-14-30-19-5-8-21-22(15-19)32-16-31-21/h3-8,15,17H,9-14,16H2,1-2H3,(H,24,27). The van der Waals surface area contributed by atoms with Gasteiger partial charge in [0, 0.05) is 32.2 Å². The lowest BCUT2D eigenvalue weighted by molar-refractivity contribution is 0.170. The molecule has 2 amide bonds. The monoisotopic (exact) mass is 475 g/mol. The number of benzene rings is 2. The summed E-state index contributed by atoms with van der Waals surface area (Å²) in [5, 5.41) is 2.82. The van der Waals surface area contributed by atoms with Gasteiger partial charge in [0.15, 0.2) is 11.5 Å². The zero-order chi connectivity index (χ0) is 23.4. The number of nitrogens with one attached hydrogen (secondary N) is 1. The van der Waals surface area contributed by atoms with Crippen LogP contribution in [-0.4, -0.2) is 69.8 Å². The molecule has 2 aliphatic rings. The predicted molar refractivity (Wildman–Crippen MR) is 122 cm³/mol. The molecular formula is C23H29N3O6S. The zero-order valence-corrected chi connectivity index (χ0v) is 19.6. The van der Waals surface area contributed by atoms with E-state index >= 15 is 0 Å². The summed E-state index contributed by atoms with van der Waals surface area (Å²) >= 11 is 0. The van der Waals surface area contributed by atoms with Crippen molar-refractivity contribution in [2.24, 2.45) is 0 Å². The average Bonchev–Trinajstić information content (AvgIpc) is 3.30. The second-order valence-electron chi connectivity index (χ2n) is 8.21.